The van der Waals surface area contributed by atoms with E-state index in [2.05, 4.69) is 11.6 Å². The maximum atomic E-state index is 10.9. The zero-order chi connectivity index (χ0) is 12.5. The number of allylic oxidation sites excluding steroid dienone is 1. The van der Waals surface area contributed by atoms with Crippen LogP contribution in [0.4, 0.5) is 0 Å². The van der Waals surface area contributed by atoms with Gasteiger partial charge in [0.25, 0.3) is 0 Å². The van der Waals surface area contributed by atoms with Crippen LogP contribution in [0.25, 0.3) is 0 Å². The van der Waals surface area contributed by atoms with Crippen LogP contribution in [-0.4, -0.2) is 22.7 Å². The summed E-state index contributed by atoms with van der Waals surface area (Å²) in [5, 5.41) is 8.92. The summed E-state index contributed by atoms with van der Waals surface area (Å²) in [6, 6.07) is 1.44. The highest BCUT2D eigenvalue weighted by Gasteiger charge is 2.10. The number of nitrogens with zero attached hydrogens (tertiary/aromatic N) is 1. The van der Waals surface area contributed by atoms with Gasteiger partial charge in [0.2, 0.25) is 0 Å². The van der Waals surface area contributed by atoms with Gasteiger partial charge in [0.15, 0.2) is 5.75 Å². The lowest BCUT2D eigenvalue weighted by Crippen LogP contribution is -2.04. The highest BCUT2D eigenvalue weighted by Crippen LogP contribution is 2.16. The van der Waals surface area contributed by atoms with Gasteiger partial charge in [0.05, 0.1) is 12.8 Å². The van der Waals surface area contributed by atoms with Crippen molar-refractivity contribution in [3.63, 3.8) is 0 Å². The van der Waals surface area contributed by atoms with Gasteiger partial charge in [-0.3, -0.25) is 4.98 Å². The Morgan fingerprint density at radius 3 is 3.00 bits per heavy atom. The number of ether oxygens (including phenoxy) is 1. The molecule has 0 saturated heterocycles. The Labute approximate surface area is 101 Å². The third-order valence-corrected chi connectivity index (χ3v) is 2.33. The SMILES string of the molecule is C=CCCCCCOc1cnccc1C(=O)O. The average molecular weight is 235 g/mol. The number of aromatic nitrogens is 1. The molecule has 0 saturated carbocycles. The summed E-state index contributed by atoms with van der Waals surface area (Å²) in [6.07, 6.45) is 8.83. The van der Waals surface area contributed by atoms with Crippen molar-refractivity contribution >= 4 is 5.97 Å². The van der Waals surface area contributed by atoms with Crippen molar-refractivity contribution in [1.82, 2.24) is 4.98 Å². The zero-order valence-electron chi connectivity index (χ0n) is 9.76. The molecule has 0 aliphatic carbocycles. The number of hydrogen-bond donors (Lipinski definition) is 1. The molecule has 92 valence electrons. The number of aromatic carboxylic acids is 1. The number of hydrogen-bond acceptors (Lipinski definition) is 3. The molecule has 1 rings (SSSR count). The second kappa shape index (κ2) is 7.44. The van der Waals surface area contributed by atoms with Gasteiger partial charge in [-0.1, -0.05) is 6.08 Å². The van der Waals surface area contributed by atoms with Crippen LogP contribution in [0.2, 0.25) is 0 Å². The van der Waals surface area contributed by atoms with Gasteiger partial charge in [-0.25, -0.2) is 4.79 Å². The fourth-order valence-electron chi connectivity index (χ4n) is 1.42. The monoisotopic (exact) mass is 235 g/mol. The van der Waals surface area contributed by atoms with Crippen LogP contribution in [0.5, 0.6) is 5.75 Å². The van der Waals surface area contributed by atoms with Gasteiger partial charge < -0.3 is 9.84 Å². The summed E-state index contributed by atoms with van der Waals surface area (Å²) >= 11 is 0. The maximum Gasteiger partial charge on any atom is 0.339 e. The van der Waals surface area contributed by atoms with E-state index in [1.165, 1.54) is 18.5 Å². The molecule has 0 bridgehead atoms. The first-order valence-corrected chi connectivity index (χ1v) is 5.66. The van der Waals surface area contributed by atoms with Crippen LogP contribution in [0.1, 0.15) is 36.0 Å². The maximum absolute atomic E-state index is 10.9. The van der Waals surface area contributed by atoms with Crippen LogP contribution in [0, 0.1) is 0 Å². The number of unbranched alkanes of at least 4 members (excludes halogenated alkanes) is 3. The third kappa shape index (κ3) is 4.68. The third-order valence-electron chi connectivity index (χ3n) is 2.33. The molecule has 0 spiro atoms. The Morgan fingerprint density at radius 1 is 1.47 bits per heavy atom. The van der Waals surface area contributed by atoms with Gasteiger partial charge >= 0.3 is 5.97 Å². The fraction of sp³-hybridized carbons (Fsp3) is 0.385. The topological polar surface area (TPSA) is 59.4 Å². The fourth-order valence-corrected chi connectivity index (χ4v) is 1.42. The van der Waals surface area contributed by atoms with Gasteiger partial charge in [-0.15, -0.1) is 6.58 Å². The van der Waals surface area contributed by atoms with Crippen LogP contribution in [-0.2, 0) is 0 Å². The smallest absolute Gasteiger partial charge is 0.339 e. The Morgan fingerprint density at radius 2 is 2.29 bits per heavy atom. The zero-order valence-corrected chi connectivity index (χ0v) is 9.76. The summed E-state index contributed by atoms with van der Waals surface area (Å²) in [4.78, 5) is 14.7. The molecule has 1 aromatic rings. The Hall–Kier alpha value is -1.84. The van der Waals surface area contributed by atoms with E-state index >= 15 is 0 Å². The molecule has 0 aliphatic heterocycles. The number of carbonyl (C=O) groups is 1. The van der Waals surface area contributed by atoms with Gasteiger partial charge in [0, 0.05) is 6.20 Å². The number of pyridine rings is 1. The Balaban J connectivity index is 2.36. The van der Waals surface area contributed by atoms with Gasteiger partial charge in [0.1, 0.15) is 5.56 Å². The summed E-state index contributed by atoms with van der Waals surface area (Å²) < 4.78 is 5.41. The molecular formula is C13H17NO3. The predicted molar refractivity (Wildman–Crippen MR) is 65.4 cm³/mol. The predicted octanol–water partition coefficient (Wildman–Crippen LogP) is 2.91. The van der Waals surface area contributed by atoms with E-state index in [0.29, 0.717) is 12.4 Å². The van der Waals surface area contributed by atoms with Crippen molar-refractivity contribution in [2.45, 2.75) is 25.7 Å². The molecule has 1 aromatic heterocycles. The molecule has 0 fully saturated rings. The normalized spacial score (nSPS) is 9.88. The number of carboxylic acids is 1. The summed E-state index contributed by atoms with van der Waals surface area (Å²) in [5.74, 6) is -0.655. The van der Waals surface area contributed by atoms with E-state index in [4.69, 9.17) is 9.84 Å². The van der Waals surface area contributed by atoms with E-state index < -0.39 is 5.97 Å². The second-order valence-corrected chi connectivity index (χ2v) is 3.66. The van der Waals surface area contributed by atoms with Crippen molar-refractivity contribution in [2.75, 3.05) is 6.61 Å². The first-order valence-electron chi connectivity index (χ1n) is 5.66. The first-order chi connectivity index (χ1) is 8.25. The Kier molecular flexibility index (Phi) is 5.79. The molecule has 0 aliphatic rings. The lowest BCUT2D eigenvalue weighted by Gasteiger charge is -2.07. The highest BCUT2D eigenvalue weighted by molar-refractivity contribution is 5.90. The van der Waals surface area contributed by atoms with Gasteiger partial charge in [-0.05, 0) is 31.7 Å². The van der Waals surface area contributed by atoms with Crippen LogP contribution in [0.3, 0.4) is 0 Å². The lowest BCUT2D eigenvalue weighted by atomic mass is 10.2. The largest absolute Gasteiger partial charge is 0.491 e. The standard InChI is InChI=1S/C13H17NO3/c1-2-3-4-5-6-9-17-12-10-14-8-7-11(12)13(15)16/h2,7-8,10H,1,3-6,9H2,(H,15,16). The van der Waals surface area contributed by atoms with Crippen molar-refractivity contribution in [3.8, 4) is 5.75 Å². The number of rotatable bonds is 8. The molecule has 1 heterocycles. The summed E-state index contributed by atoms with van der Waals surface area (Å²) in [5.41, 5.74) is 0.158. The van der Waals surface area contributed by atoms with Crippen molar-refractivity contribution < 1.29 is 14.6 Å². The van der Waals surface area contributed by atoms with E-state index in [1.54, 1.807) is 0 Å². The minimum Gasteiger partial charge on any atom is -0.491 e. The molecule has 4 heteroatoms. The van der Waals surface area contributed by atoms with E-state index in [1.807, 2.05) is 6.08 Å². The quantitative estimate of drug-likeness (QED) is 0.556. The van der Waals surface area contributed by atoms with E-state index in [0.717, 1.165) is 25.7 Å². The first kappa shape index (κ1) is 13.2. The van der Waals surface area contributed by atoms with Gasteiger partial charge in [-0.2, -0.15) is 0 Å². The van der Waals surface area contributed by atoms with Crippen molar-refractivity contribution in [2.24, 2.45) is 0 Å². The molecule has 1 N–H and O–H groups in total. The lowest BCUT2D eigenvalue weighted by molar-refractivity contribution is 0.0692. The van der Waals surface area contributed by atoms with Crippen LogP contribution in [0.15, 0.2) is 31.1 Å². The van der Waals surface area contributed by atoms with Crippen LogP contribution < -0.4 is 4.74 Å². The average Bonchev–Trinajstić information content (AvgIpc) is 2.34. The molecule has 17 heavy (non-hydrogen) atoms. The van der Waals surface area contributed by atoms with Crippen molar-refractivity contribution in [3.05, 3.63) is 36.7 Å². The van der Waals surface area contributed by atoms with Crippen molar-refractivity contribution in [1.29, 1.82) is 0 Å². The van der Waals surface area contributed by atoms with E-state index in [9.17, 15) is 4.79 Å². The summed E-state index contributed by atoms with van der Waals surface area (Å²) in [6.45, 7) is 4.17. The molecule has 0 atom stereocenters. The minimum atomic E-state index is -0.992. The molecular weight excluding hydrogens is 218 g/mol. The molecule has 4 nitrogen and oxygen atoms in total. The Bertz CT molecular complexity index is 377. The number of carboxylic acid groups (broad SMARTS) is 1. The molecule has 0 radical (unpaired) electrons. The second-order valence-electron chi connectivity index (χ2n) is 3.66. The van der Waals surface area contributed by atoms with E-state index in [-0.39, 0.29) is 5.56 Å². The molecule has 0 unspecified atom stereocenters. The molecule has 0 amide bonds. The highest BCUT2D eigenvalue weighted by atomic mass is 16.5. The van der Waals surface area contributed by atoms with Crippen LogP contribution >= 0.6 is 0 Å². The minimum absolute atomic E-state index is 0.158. The summed E-state index contributed by atoms with van der Waals surface area (Å²) in [7, 11) is 0. The molecule has 0 aromatic carbocycles.